The Bertz CT molecular complexity index is 714. The first-order valence-electron chi connectivity index (χ1n) is 8.13. The Morgan fingerprint density at radius 1 is 1.16 bits per heavy atom. The molecule has 0 aliphatic carbocycles. The topological polar surface area (TPSA) is 59.6 Å². The van der Waals surface area contributed by atoms with Gasteiger partial charge in [-0.15, -0.1) is 24.0 Å². The number of nitrogens with zero attached hydrogens (tertiary/aromatic N) is 1. The summed E-state index contributed by atoms with van der Waals surface area (Å²) in [7, 11) is 1.68. The molecule has 5 heteroatoms. The molecule has 0 heterocycles. The van der Waals surface area contributed by atoms with Crippen LogP contribution >= 0.6 is 24.0 Å². The van der Waals surface area contributed by atoms with Crippen LogP contribution in [-0.4, -0.2) is 19.6 Å². The van der Waals surface area contributed by atoms with E-state index in [-0.39, 0.29) is 29.4 Å². The van der Waals surface area contributed by atoms with Crippen molar-refractivity contribution in [2.45, 2.75) is 32.8 Å². The zero-order valence-corrected chi connectivity index (χ0v) is 17.7. The predicted octanol–water partition coefficient (Wildman–Crippen LogP) is 4.46. The van der Waals surface area contributed by atoms with Crippen LogP contribution in [0.4, 0.5) is 5.69 Å². The fourth-order valence-corrected chi connectivity index (χ4v) is 2.54. The van der Waals surface area contributed by atoms with E-state index in [1.807, 2.05) is 24.3 Å². The Labute approximate surface area is 167 Å². The number of hydrogen-bond acceptors (Lipinski definition) is 2. The second-order valence-electron chi connectivity index (χ2n) is 6.67. The van der Waals surface area contributed by atoms with Crippen LogP contribution in [0.3, 0.4) is 0 Å². The first-order chi connectivity index (χ1) is 11.4. The molecule has 0 atom stereocenters. The number of halogens is 1. The Morgan fingerprint density at radius 2 is 1.88 bits per heavy atom. The second kappa shape index (κ2) is 9.77. The summed E-state index contributed by atoms with van der Waals surface area (Å²) in [4.78, 5) is 4.54. The Balaban J connectivity index is 0.00000312. The van der Waals surface area contributed by atoms with Gasteiger partial charge in [0.15, 0.2) is 5.96 Å². The van der Waals surface area contributed by atoms with Crippen LogP contribution in [0.15, 0.2) is 53.5 Å². The van der Waals surface area contributed by atoms with Gasteiger partial charge < -0.3 is 15.8 Å². The summed E-state index contributed by atoms with van der Waals surface area (Å²) in [6, 6.07) is 16.5. The van der Waals surface area contributed by atoms with Crippen molar-refractivity contribution in [1.82, 2.24) is 0 Å². The van der Waals surface area contributed by atoms with Crippen molar-refractivity contribution in [1.29, 1.82) is 0 Å². The molecular weight excluding hydrogens is 425 g/mol. The van der Waals surface area contributed by atoms with Gasteiger partial charge in [-0.25, -0.2) is 0 Å². The van der Waals surface area contributed by atoms with Gasteiger partial charge in [-0.05, 0) is 18.6 Å². The molecular formula is C20H28IN3O. The van der Waals surface area contributed by atoms with Gasteiger partial charge in [-0.1, -0.05) is 61.9 Å². The number of benzene rings is 2. The third-order valence-corrected chi connectivity index (χ3v) is 4.02. The summed E-state index contributed by atoms with van der Waals surface area (Å²) in [5.74, 6) is 0.416. The maximum Gasteiger partial charge on any atom is 0.193 e. The molecule has 0 aromatic heterocycles. The molecule has 0 saturated carbocycles. The molecule has 0 aliphatic rings. The molecule has 0 amide bonds. The third kappa shape index (κ3) is 6.32. The molecule has 3 N–H and O–H groups in total. The van der Waals surface area contributed by atoms with E-state index in [0.717, 1.165) is 11.3 Å². The van der Waals surface area contributed by atoms with Gasteiger partial charge in [-0.3, -0.25) is 4.99 Å². The van der Waals surface area contributed by atoms with Crippen LogP contribution in [-0.2, 0) is 16.8 Å². The first kappa shape index (κ1) is 21.4. The van der Waals surface area contributed by atoms with Crippen molar-refractivity contribution in [2.75, 3.05) is 19.0 Å². The van der Waals surface area contributed by atoms with E-state index >= 15 is 0 Å². The van der Waals surface area contributed by atoms with Gasteiger partial charge in [0.25, 0.3) is 0 Å². The number of aryl methyl sites for hydroxylation is 1. The summed E-state index contributed by atoms with van der Waals surface area (Å²) in [5.41, 5.74) is 10.5. The smallest absolute Gasteiger partial charge is 0.193 e. The van der Waals surface area contributed by atoms with Crippen LogP contribution in [0.25, 0.3) is 0 Å². The highest BCUT2D eigenvalue weighted by atomic mass is 127. The average molecular weight is 453 g/mol. The minimum atomic E-state index is -0.0790. The zero-order valence-electron chi connectivity index (χ0n) is 15.4. The van der Waals surface area contributed by atoms with Crippen molar-refractivity contribution in [3.05, 3.63) is 65.2 Å². The van der Waals surface area contributed by atoms with Crippen LogP contribution in [0.1, 0.15) is 30.5 Å². The van der Waals surface area contributed by atoms with E-state index in [1.165, 1.54) is 11.1 Å². The van der Waals surface area contributed by atoms with Crippen LogP contribution in [0, 0.1) is 6.92 Å². The molecule has 2 aromatic carbocycles. The maximum absolute atomic E-state index is 6.08. The molecule has 0 unspecified atom stereocenters. The fraction of sp³-hybridized carbons (Fsp3) is 0.350. The van der Waals surface area contributed by atoms with Gasteiger partial charge in [0.1, 0.15) is 0 Å². The highest BCUT2D eigenvalue weighted by Gasteiger charge is 2.20. The number of anilines is 1. The van der Waals surface area contributed by atoms with Gasteiger partial charge in [0.2, 0.25) is 0 Å². The van der Waals surface area contributed by atoms with Gasteiger partial charge in [-0.2, -0.15) is 0 Å². The molecule has 0 spiro atoms. The van der Waals surface area contributed by atoms with Crippen molar-refractivity contribution in [3.8, 4) is 0 Å². The molecule has 0 saturated heterocycles. The third-order valence-electron chi connectivity index (χ3n) is 4.02. The van der Waals surface area contributed by atoms with Gasteiger partial charge >= 0.3 is 0 Å². The zero-order chi connectivity index (χ0) is 17.6. The van der Waals surface area contributed by atoms with E-state index in [0.29, 0.717) is 19.1 Å². The van der Waals surface area contributed by atoms with E-state index in [2.05, 4.69) is 55.3 Å². The normalized spacial score (nSPS) is 11.8. The minimum Gasteiger partial charge on any atom is -0.380 e. The average Bonchev–Trinajstić information content (AvgIpc) is 2.55. The lowest BCUT2D eigenvalue weighted by Crippen LogP contribution is -2.28. The summed E-state index contributed by atoms with van der Waals surface area (Å²) >= 11 is 0. The number of rotatable bonds is 6. The SMILES string of the molecule is COCc1ccccc1NC(N)=NCC(C)(C)c1cccc(C)c1.I. The summed E-state index contributed by atoms with van der Waals surface area (Å²) in [6.45, 7) is 7.60. The summed E-state index contributed by atoms with van der Waals surface area (Å²) < 4.78 is 5.21. The van der Waals surface area contributed by atoms with Crippen molar-refractivity contribution < 1.29 is 4.74 Å². The van der Waals surface area contributed by atoms with Crippen molar-refractivity contribution >= 4 is 35.6 Å². The lowest BCUT2D eigenvalue weighted by Gasteiger charge is -2.24. The summed E-state index contributed by atoms with van der Waals surface area (Å²) in [6.07, 6.45) is 0. The maximum atomic E-state index is 6.08. The predicted molar refractivity (Wildman–Crippen MR) is 117 cm³/mol. The van der Waals surface area contributed by atoms with Crippen molar-refractivity contribution in [2.24, 2.45) is 10.7 Å². The molecule has 0 radical (unpaired) electrons. The van der Waals surface area contributed by atoms with Crippen LogP contribution in [0.5, 0.6) is 0 Å². The first-order valence-corrected chi connectivity index (χ1v) is 8.13. The van der Waals surface area contributed by atoms with E-state index in [9.17, 15) is 0 Å². The highest BCUT2D eigenvalue weighted by molar-refractivity contribution is 14.0. The van der Waals surface area contributed by atoms with Gasteiger partial charge in [0, 0.05) is 23.8 Å². The monoisotopic (exact) mass is 453 g/mol. The largest absolute Gasteiger partial charge is 0.380 e. The number of aliphatic imine (C=N–C) groups is 1. The molecule has 4 nitrogen and oxygen atoms in total. The molecule has 0 bridgehead atoms. The molecule has 0 fully saturated rings. The molecule has 25 heavy (non-hydrogen) atoms. The number of para-hydroxylation sites is 1. The lowest BCUT2D eigenvalue weighted by molar-refractivity contribution is 0.185. The van der Waals surface area contributed by atoms with E-state index in [4.69, 9.17) is 10.5 Å². The van der Waals surface area contributed by atoms with E-state index in [1.54, 1.807) is 7.11 Å². The Morgan fingerprint density at radius 3 is 2.56 bits per heavy atom. The second-order valence-corrected chi connectivity index (χ2v) is 6.67. The summed E-state index contributed by atoms with van der Waals surface area (Å²) in [5, 5.41) is 3.18. The Hall–Kier alpha value is -1.60. The minimum absolute atomic E-state index is 0. The number of guanidine groups is 1. The van der Waals surface area contributed by atoms with Gasteiger partial charge in [0.05, 0.1) is 13.2 Å². The van der Waals surface area contributed by atoms with Crippen LogP contribution in [0.2, 0.25) is 0 Å². The Kier molecular flexibility index (Phi) is 8.38. The number of methoxy groups -OCH3 is 1. The molecule has 2 aromatic rings. The fourth-order valence-electron chi connectivity index (χ4n) is 2.54. The number of nitrogens with two attached hydrogens (primary N) is 1. The lowest BCUT2D eigenvalue weighted by atomic mass is 9.84. The molecule has 0 aliphatic heterocycles. The molecule has 136 valence electrons. The standard InChI is InChI=1S/C20H27N3O.HI/c1-15-8-7-10-17(12-15)20(2,3)14-22-19(21)23-18-11-6-5-9-16(18)13-24-4;/h5-12H,13-14H2,1-4H3,(H3,21,22,23);1H. The van der Waals surface area contributed by atoms with Crippen LogP contribution < -0.4 is 11.1 Å². The quantitative estimate of drug-likeness (QED) is 0.386. The number of nitrogens with one attached hydrogen (secondary N) is 1. The van der Waals surface area contributed by atoms with E-state index < -0.39 is 0 Å². The number of ether oxygens (including phenoxy) is 1. The number of hydrogen-bond donors (Lipinski definition) is 2. The highest BCUT2D eigenvalue weighted by Crippen LogP contribution is 2.24. The van der Waals surface area contributed by atoms with Crippen molar-refractivity contribution in [3.63, 3.8) is 0 Å². The molecule has 2 rings (SSSR count).